The van der Waals surface area contributed by atoms with Crippen molar-refractivity contribution in [2.45, 2.75) is 39.7 Å². The maximum atomic E-state index is 12.8. The summed E-state index contributed by atoms with van der Waals surface area (Å²) < 4.78 is 26.0. The topological polar surface area (TPSA) is 57.7 Å². The summed E-state index contributed by atoms with van der Waals surface area (Å²) in [7, 11) is -3.62. The van der Waals surface area contributed by atoms with Crippen molar-refractivity contribution in [2.24, 2.45) is 5.92 Å². The van der Waals surface area contributed by atoms with Gasteiger partial charge >= 0.3 is 0 Å². The highest BCUT2D eigenvalue weighted by molar-refractivity contribution is 7.92. The van der Waals surface area contributed by atoms with E-state index in [4.69, 9.17) is 11.6 Å². The Morgan fingerprint density at radius 2 is 1.92 bits per heavy atom. The van der Waals surface area contributed by atoms with Gasteiger partial charge in [-0.25, -0.2) is 8.42 Å². The van der Waals surface area contributed by atoms with Crippen LogP contribution in [0.4, 0.5) is 5.69 Å². The molecule has 0 spiro atoms. The second-order valence-corrected chi connectivity index (χ2v) is 8.97. The molecule has 0 bridgehead atoms. The lowest BCUT2D eigenvalue weighted by molar-refractivity contribution is -0.133. The molecule has 0 saturated carbocycles. The summed E-state index contributed by atoms with van der Waals surface area (Å²) in [5, 5.41) is 0.440. The third kappa shape index (κ3) is 4.22. The maximum Gasteiger partial charge on any atom is 0.246 e. The summed E-state index contributed by atoms with van der Waals surface area (Å²) in [5.41, 5.74) is 1.22. The molecule has 1 aromatic carbocycles. The smallest absolute Gasteiger partial charge is 0.246 e. The summed E-state index contributed by atoms with van der Waals surface area (Å²) in [5.74, 6) is 0.442. The van der Waals surface area contributed by atoms with Gasteiger partial charge in [0.1, 0.15) is 6.04 Å². The van der Waals surface area contributed by atoms with E-state index in [1.54, 1.807) is 30.0 Å². The summed E-state index contributed by atoms with van der Waals surface area (Å²) >= 11 is 6.04. The largest absolute Gasteiger partial charge is 0.341 e. The molecule has 0 aliphatic carbocycles. The average Bonchev–Trinajstić information content (AvgIpc) is 2.49. The first-order valence-corrected chi connectivity index (χ1v) is 10.4. The third-order valence-corrected chi connectivity index (χ3v) is 6.03. The molecule has 1 aliphatic rings. The van der Waals surface area contributed by atoms with Crippen LogP contribution in [0.1, 0.15) is 32.3 Å². The molecule has 2 rings (SSSR count). The standard InChI is InChI=1S/C17H25ClN2O3S/c1-12-7-9-19(10-8-12)17(21)14(3)20(24(4,22)23)16-11-15(18)6-5-13(16)2/h5-6,11-12,14H,7-10H2,1-4H3/t14-/m1/s1. The normalized spacial score (nSPS) is 17.6. The SMILES string of the molecule is Cc1ccc(Cl)cc1N([C@H](C)C(=O)N1CCC(C)CC1)S(C)(=O)=O. The molecule has 1 atom stereocenters. The van der Waals surface area contributed by atoms with Gasteiger partial charge < -0.3 is 4.90 Å². The molecular weight excluding hydrogens is 348 g/mol. The Morgan fingerprint density at radius 1 is 1.33 bits per heavy atom. The van der Waals surface area contributed by atoms with Crippen LogP contribution in [0, 0.1) is 12.8 Å². The first kappa shape index (κ1) is 19.1. The van der Waals surface area contributed by atoms with Crippen LogP contribution in [-0.4, -0.2) is 44.6 Å². The summed E-state index contributed by atoms with van der Waals surface area (Å²) in [6.45, 7) is 6.97. The summed E-state index contributed by atoms with van der Waals surface area (Å²) in [4.78, 5) is 14.6. The fourth-order valence-corrected chi connectivity index (χ4v) is 4.47. The zero-order valence-electron chi connectivity index (χ0n) is 14.6. The van der Waals surface area contributed by atoms with Gasteiger partial charge in [0.25, 0.3) is 0 Å². The van der Waals surface area contributed by atoms with E-state index in [0.29, 0.717) is 29.7 Å². The Kier molecular flexibility index (Phi) is 5.81. The zero-order valence-corrected chi connectivity index (χ0v) is 16.2. The second kappa shape index (κ2) is 7.31. The number of nitrogens with zero attached hydrogens (tertiary/aromatic N) is 2. The van der Waals surface area contributed by atoms with E-state index in [0.717, 1.165) is 24.7 Å². The first-order chi connectivity index (χ1) is 11.1. The molecule has 0 radical (unpaired) electrons. The lowest BCUT2D eigenvalue weighted by Crippen LogP contribution is -2.51. The van der Waals surface area contributed by atoms with Gasteiger partial charge in [0.15, 0.2) is 0 Å². The van der Waals surface area contributed by atoms with Gasteiger partial charge in [-0.2, -0.15) is 0 Å². The molecule has 0 N–H and O–H groups in total. The van der Waals surface area contributed by atoms with Gasteiger partial charge in [-0.3, -0.25) is 9.10 Å². The highest BCUT2D eigenvalue weighted by atomic mass is 35.5. The van der Waals surface area contributed by atoms with Gasteiger partial charge in [-0.1, -0.05) is 24.6 Å². The number of aryl methyl sites for hydroxylation is 1. The van der Waals surface area contributed by atoms with Gasteiger partial charge in [-0.05, 0) is 50.3 Å². The molecule has 134 valence electrons. The monoisotopic (exact) mass is 372 g/mol. The van der Waals surface area contributed by atoms with Crippen molar-refractivity contribution >= 4 is 33.2 Å². The minimum Gasteiger partial charge on any atom is -0.341 e. The predicted molar refractivity (Wildman–Crippen MR) is 98.0 cm³/mol. The van der Waals surface area contributed by atoms with Crippen LogP contribution in [0.3, 0.4) is 0 Å². The van der Waals surface area contributed by atoms with E-state index in [2.05, 4.69) is 6.92 Å². The molecule has 0 unspecified atom stereocenters. The molecular formula is C17H25ClN2O3S. The van der Waals surface area contributed by atoms with E-state index in [1.807, 2.05) is 6.92 Å². The van der Waals surface area contributed by atoms with E-state index in [-0.39, 0.29) is 5.91 Å². The van der Waals surface area contributed by atoms with Crippen molar-refractivity contribution in [3.8, 4) is 0 Å². The first-order valence-electron chi connectivity index (χ1n) is 8.15. The summed E-state index contributed by atoms with van der Waals surface area (Å²) in [6, 6.07) is 4.26. The average molecular weight is 373 g/mol. The predicted octanol–water partition coefficient (Wildman–Crippen LogP) is 3.06. The number of carbonyl (C=O) groups excluding carboxylic acids is 1. The maximum absolute atomic E-state index is 12.8. The quantitative estimate of drug-likeness (QED) is 0.816. The Balaban J connectivity index is 2.34. The lowest BCUT2D eigenvalue weighted by Gasteiger charge is -2.36. The van der Waals surface area contributed by atoms with Crippen molar-refractivity contribution in [1.29, 1.82) is 0 Å². The lowest BCUT2D eigenvalue weighted by atomic mass is 9.99. The fourth-order valence-electron chi connectivity index (χ4n) is 3.09. The molecule has 1 aliphatic heterocycles. The van der Waals surface area contributed by atoms with Crippen molar-refractivity contribution in [1.82, 2.24) is 4.90 Å². The van der Waals surface area contributed by atoms with Crippen LogP contribution in [-0.2, 0) is 14.8 Å². The number of benzene rings is 1. The minimum atomic E-state index is -3.62. The molecule has 1 fully saturated rings. The number of hydrogen-bond acceptors (Lipinski definition) is 3. The van der Waals surface area contributed by atoms with Crippen LogP contribution >= 0.6 is 11.6 Å². The van der Waals surface area contributed by atoms with Crippen LogP contribution in [0.2, 0.25) is 5.02 Å². The van der Waals surface area contributed by atoms with Crippen LogP contribution in [0.15, 0.2) is 18.2 Å². The Morgan fingerprint density at radius 3 is 2.46 bits per heavy atom. The summed E-state index contributed by atoms with van der Waals surface area (Å²) in [6.07, 6.45) is 3.02. The Bertz CT molecular complexity index is 713. The Labute approximate surface area is 149 Å². The van der Waals surface area contributed by atoms with E-state index < -0.39 is 16.1 Å². The van der Waals surface area contributed by atoms with Crippen molar-refractivity contribution < 1.29 is 13.2 Å². The molecule has 1 heterocycles. The van der Waals surface area contributed by atoms with Gasteiger partial charge in [0.2, 0.25) is 15.9 Å². The molecule has 7 heteroatoms. The fraction of sp³-hybridized carbons (Fsp3) is 0.588. The van der Waals surface area contributed by atoms with Gasteiger partial charge in [0, 0.05) is 18.1 Å². The number of hydrogen-bond donors (Lipinski definition) is 0. The molecule has 1 amide bonds. The number of halogens is 1. The number of amides is 1. The number of sulfonamides is 1. The zero-order chi connectivity index (χ0) is 18.1. The van der Waals surface area contributed by atoms with Crippen LogP contribution in [0.25, 0.3) is 0 Å². The van der Waals surface area contributed by atoms with E-state index in [9.17, 15) is 13.2 Å². The van der Waals surface area contributed by atoms with E-state index in [1.165, 1.54) is 4.31 Å². The molecule has 1 saturated heterocycles. The highest BCUT2D eigenvalue weighted by Gasteiger charge is 2.33. The van der Waals surface area contributed by atoms with Gasteiger partial charge in [0.05, 0.1) is 11.9 Å². The molecule has 24 heavy (non-hydrogen) atoms. The van der Waals surface area contributed by atoms with Crippen molar-refractivity contribution in [3.63, 3.8) is 0 Å². The number of anilines is 1. The number of carbonyl (C=O) groups is 1. The second-order valence-electron chi connectivity index (χ2n) is 6.67. The van der Waals surface area contributed by atoms with E-state index >= 15 is 0 Å². The molecule has 5 nitrogen and oxygen atoms in total. The Hall–Kier alpha value is -1.27. The molecule has 0 aromatic heterocycles. The number of piperidine rings is 1. The molecule has 1 aromatic rings. The third-order valence-electron chi connectivity index (χ3n) is 4.57. The minimum absolute atomic E-state index is 0.160. The van der Waals surface area contributed by atoms with Gasteiger partial charge in [-0.15, -0.1) is 0 Å². The van der Waals surface area contributed by atoms with Crippen molar-refractivity contribution in [3.05, 3.63) is 28.8 Å². The number of likely N-dealkylation sites (tertiary alicyclic amines) is 1. The highest BCUT2D eigenvalue weighted by Crippen LogP contribution is 2.29. The van der Waals surface area contributed by atoms with Crippen molar-refractivity contribution in [2.75, 3.05) is 23.7 Å². The van der Waals surface area contributed by atoms with Crippen LogP contribution in [0.5, 0.6) is 0 Å². The van der Waals surface area contributed by atoms with Crippen LogP contribution < -0.4 is 4.31 Å². The number of rotatable bonds is 4.